The predicted molar refractivity (Wildman–Crippen MR) is 60.6 cm³/mol. The first-order valence-corrected chi connectivity index (χ1v) is 5.25. The van der Waals surface area contributed by atoms with Crippen LogP contribution >= 0.6 is 0 Å². The van der Waals surface area contributed by atoms with Crippen molar-refractivity contribution < 1.29 is 18.3 Å². The van der Waals surface area contributed by atoms with Gasteiger partial charge < -0.3 is 5.11 Å². The molecule has 0 aliphatic rings. The van der Waals surface area contributed by atoms with Gasteiger partial charge in [-0.1, -0.05) is 18.2 Å². The molecular formula is C13H10F3NO. The summed E-state index contributed by atoms with van der Waals surface area (Å²) in [6.45, 7) is -0.264. The SMILES string of the molecule is OCc1cccnc1-c1cccc(C(F)(F)F)c1. The molecule has 1 N–H and O–H groups in total. The van der Waals surface area contributed by atoms with E-state index in [0.29, 0.717) is 16.8 Å². The molecule has 0 aliphatic heterocycles. The number of hydrogen-bond acceptors (Lipinski definition) is 2. The Morgan fingerprint density at radius 1 is 1.11 bits per heavy atom. The third-order valence-corrected chi connectivity index (χ3v) is 2.52. The topological polar surface area (TPSA) is 33.1 Å². The fourth-order valence-electron chi connectivity index (χ4n) is 1.67. The molecule has 0 saturated carbocycles. The Kier molecular flexibility index (Phi) is 3.34. The van der Waals surface area contributed by atoms with E-state index in [4.69, 9.17) is 5.11 Å². The van der Waals surface area contributed by atoms with Crippen LogP contribution in [0.1, 0.15) is 11.1 Å². The van der Waals surface area contributed by atoms with E-state index in [1.165, 1.54) is 18.3 Å². The molecular weight excluding hydrogens is 243 g/mol. The molecule has 2 aromatic rings. The largest absolute Gasteiger partial charge is 0.416 e. The van der Waals surface area contributed by atoms with Crippen LogP contribution in [-0.4, -0.2) is 10.1 Å². The molecule has 94 valence electrons. The summed E-state index contributed by atoms with van der Waals surface area (Å²) in [7, 11) is 0. The fourth-order valence-corrected chi connectivity index (χ4v) is 1.67. The predicted octanol–water partition coefficient (Wildman–Crippen LogP) is 3.26. The Balaban J connectivity index is 2.51. The van der Waals surface area contributed by atoms with Gasteiger partial charge in [0.1, 0.15) is 0 Å². The number of halogens is 3. The standard InChI is InChI=1S/C13H10F3NO/c14-13(15,16)11-5-1-3-9(7-11)12-10(8-18)4-2-6-17-12/h1-7,18H,8H2. The maximum Gasteiger partial charge on any atom is 0.416 e. The third kappa shape index (κ3) is 2.51. The monoisotopic (exact) mass is 253 g/mol. The quantitative estimate of drug-likeness (QED) is 0.891. The smallest absolute Gasteiger partial charge is 0.392 e. The molecule has 0 aliphatic carbocycles. The first kappa shape index (κ1) is 12.6. The van der Waals surface area contributed by atoms with Crippen molar-refractivity contribution in [3.8, 4) is 11.3 Å². The second kappa shape index (κ2) is 4.78. The van der Waals surface area contributed by atoms with Crippen molar-refractivity contribution >= 4 is 0 Å². The Morgan fingerprint density at radius 3 is 2.56 bits per heavy atom. The van der Waals surface area contributed by atoms with E-state index in [-0.39, 0.29) is 6.61 Å². The lowest BCUT2D eigenvalue weighted by atomic mass is 10.0. The maximum atomic E-state index is 12.6. The van der Waals surface area contributed by atoms with Gasteiger partial charge in [-0.3, -0.25) is 4.98 Å². The maximum absolute atomic E-state index is 12.6. The highest BCUT2D eigenvalue weighted by Crippen LogP contribution is 2.32. The number of hydrogen-bond donors (Lipinski definition) is 1. The van der Waals surface area contributed by atoms with E-state index in [0.717, 1.165) is 12.1 Å². The Hall–Kier alpha value is -1.88. The summed E-state index contributed by atoms with van der Waals surface area (Å²) in [5.41, 5.74) is 0.479. The van der Waals surface area contributed by atoms with E-state index in [2.05, 4.69) is 4.98 Å². The van der Waals surface area contributed by atoms with E-state index in [1.807, 2.05) is 0 Å². The molecule has 18 heavy (non-hydrogen) atoms. The van der Waals surface area contributed by atoms with Crippen LogP contribution in [0.2, 0.25) is 0 Å². The molecule has 0 radical (unpaired) electrons. The normalized spacial score (nSPS) is 11.6. The minimum atomic E-state index is -4.38. The van der Waals surface area contributed by atoms with Crippen LogP contribution in [0.25, 0.3) is 11.3 Å². The molecule has 0 amide bonds. The number of aliphatic hydroxyl groups excluding tert-OH is 1. The van der Waals surface area contributed by atoms with Crippen LogP contribution in [0, 0.1) is 0 Å². The second-order valence-corrected chi connectivity index (χ2v) is 3.75. The molecule has 0 fully saturated rings. The van der Waals surface area contributed by atoms with Gasteiger partial charge in [0, 0.05) is 17.3 Å². The summed E-state index contributed by atoms with van der Waals surface area (Å²) in [5.74, 6) is 0. The number of benzene rings is 1. The average Bonchev–Trinajstić information content (AvgIpc) is 2.38. The van der Waals surface area contributed by atoms with Crippen molar-refractivity contribution in [3.63, 3.8) is 0 Å². The molecule has 1 aromatic heterocycles. The number of aliphatic hydroxyl groups is 1. The number of aromatic nitrogens is 1. The van der Waals surface area contributed by atoms with Crippen molar-refractivity contribution in [1.29, 1.82) is 0 Å². The second-order valence-electron chi connectivity index (χ2n) is 3.75. The third-order valence-electron chi connectivity index (χ3n) is 2.52. The Morgan fingerprint density at radius 2 is 1.89 bits per heavy atom. The van der Waals surface area contributed by atoms with Gasteiger partial charge in [0.15, 0.2) is 0 Å². The molecule has 0 saturated heterocycles. The highest BCUT2D eigenvalue weighted by atomic mass is 19.4. The lowest BCUT2D eigenvalue weighted by molar-refractivity contribution is -0.137. The van der Waals surface area contributed by atoms with E-state index >= 15 is 0 Å². The summed E-state index contributed by atoms with van der Waals surface area (Å²) in [4.78, 5) is 4.02. The minimum absolute atomic E-state index is 0.264. The van der Waals surface area contributed by atoms with E-state index < -0.39 is 11.7 Å². The molecule has 1 heterocycles. The van der Waals surface area contributed by atoms with Crippen LogP contribution in [0.4, 0.5) is 13.2 Å². The first-order valence-electron chi connectivity index (χ1n) is 5.25. The van der Waals surface area contributed by atoms with Gasteiger partial charge in [0.25, 0.3) is 0 Å². The van der Waals surface area contributed by atoms with Gasteiger partial charge in [-0.2, -0.15) is 13.2 Å². The average molecular weight is 253 g/mol. The van der Waals surface area contributed by atoms with Crippen molar-refractivity contribution in [1.82, 2.24) is 4.98 Å². The molecule has 0 unspecified atom stereocenters. The fraction of sp³-hybridized carbons (Fsp3) is 0.154. The lowest BCUT2D eigenvalue weighted by Gasteiger charge is -2.10. The summed E-state index contributed by atoms with van der Waals surface area (Å²) in [5, 5.41) is 9.15. The zero-order chi connectivity index (χ0) is 13.2. The first-order chi connectivity index (χ1) is 8.52. The number of nitrogens with zero attached hydrogens (tertiary/aromatic N) is 1. The lowest BCUT2D eigenvalue weighted by Crippen LogP contribution is -2.05. The van der Waals surface area contributed by atoms with Gasteiger partial charge in [0.2, 0.25) is 0 Å². The van der Waals surface area contributed by atoms with Crippen molar-refractivity contribution in [2.75, 3.05) is 0 Å². The van der Waals surface area contributed by atoms with Crippen molar-refractivity contribution in [3.05, 3.63) is 53.7 Å². The van der Waals surface area contributed by atoms with Gasteiger partial charge in [0.05, 0.1) is 17.9 Å². The zero-order valence-corrected chi connectivity index (χ0v) is 9.28. The van der Waals surface area contributed by atoms with E-state index in [9.17, 15) is 13.2 Å². The van der Waals surface area contributed by atoms with Gasteiger partial charge >= 0.3 is 6.18 Å². The van der Waals surface area contributed by atoms with Gasteiger partial charge in [-0.25, -0.2) is 0 Å². The number of alkyl halides is 3. The molecule has 0 bridgehead atoms. The van der Waals surface area contributed by atoms with Crippen LogP contribution in [0.3, 0.4) is 0 Å². The summed E-state index contributed by atoms with van der Waals surface area (Å²) >= 11 is 0. The van der Waals surface area contributed by atoms with Crippen molar-refractivity contribution in [2.45, 2.75) is 12.8 Å². The molecule has 5 heteroatoms. The molecule has 2 nitrogen and oxygen atoms in total. The number of rotatable bonds is 2. The Labute approximate surface area is 102 Å². The van der Waals surface area contributed by atoms with Crippen LogP contribution in [0.5, 0.6) is 0 Å². The minimum Gasteiger partial charge on any atom is -0.392 e. The van der Waals surface area contributed by atoms with Crippen LogP contribution in [0.15, 0.2) is 42.6 Å². The zero-order valence-electron chi connectivity index (χ0n) is 9.28. The van der Waals surface area contributed by atoms with Crippen LogP contribution < -0.4 is 0 Å². The molecule has 2 rings (SSSR count). The van der Waals surface area contributed by atoms with Crippen LogP contribution in [-0.2, 0) is 12.8 Å². The highest BCUT2D eigenvalue weighted by molar-refractivity contribution is 5.63. The van der Waals surface area contributed by atoms with Gasteiger partial charge in [-0.05, 0) is 18.2 Å². The van der Waals surface area contributed by atoms with Gasteiger partial charge in [-0.15, -0.1) is 0 Å². The van der Waals surface area contributed by atoms with E-state index in [1.54, 1.807) is 12.1 Å². The summed E-state index contributed by atoms with van der Waals surface area (Å²) in [6.07, 6.45) is -2.90. The number of pyridine rings is 1. The summed E-state index contributed by atoms with van der Waals surface area (Å²) in [6, 6.07) is 8.16. The Bertz CT molecular complexity index is 552. The molecule has 0 spiro atoms. The molecule has 1 aromatic carbocycles. The summed E-state index contributed by atoms with van der Waals surface area (Å²) < 4.78 is 37.8. The van der Waals surface area contributed by atoms with Crippen molar-refractivity contribution in [2.24, 2.45) is 0 Å². The molecule has 0 atom stereocenters. The highest BCUT2D eigenvalue weighted by Gasteiger charge is 2.30.